The Balaban J connectivity index is 2.02. The van der Waals surface area contributed by atoms with Gasteiger partial charge >= 0.3 is 0 Å². The third kappa shape index (κ3) is 3.76. The molecule has 0 radical (unpaired) electrons. The van der Waals surface area contributed by atoms with E-state index in [0.717, 1.165) is 24.4 Å². The predicted molar refractivity (Wildman–Crippen MR) is 75.7 cm³/mol. The SMILES string of the molecule is NNC(=O)c1ccc(CN2CCCCCC2CO)s1. The summed E-state index contributed by atoms with van der Waals surface area (Å²) in [5, 5.41) is 9.48. The van der Waals surface area contributed by atoms with Crippen LogP contribution in [0.4, 0.5) is 0 Å². The van der Waals surface area contributed by atoms with Gasteiger partial charge in [0.25, 0.3) is 5.91 Å². The third-order valence-electron chi connectivity index (χ3n) is 3.59. The minimum absolute atomic E-state index is 0.210. The lowest BCUT2D eigenvalue weighted by atomic mass is 10.1. The normalized spacial score (nSPS) is 21.1. The average molecular weight is 283 g/mol. The predicted octanol–water partition coefficient (Wildman–Crippen LogP) is 1.09. The Kier molecular flexibility index (Phi) is 5.33. The summed E-state index contributed by atoms with van der Waals surface area (Å²) in [6, 6.07) is 4.01. The Hall–Kier alpha value is -0.950. The summed E-state index contributed by atoms with van der Waals surface area (Å²) in [6.07, 6.45) is 4.65. The number of nitrogens with one attached hydrogen (secondary N) is 1. The fourth-order valence-corrected chi connectivity index (χ4v) is 3.44. The Bertz CT molecular complexity index is 422. The standard InChI is InChI=1S/C13H21N3O2S/c14-15-13(18)12-6-5-11(19-12)8-16-7-3-1-2-4-10(16)9-17/h5-6,10,17H,1-4,7-9,14H2,(H,15,18). The van der Waals surface area contributed by atoms with E-state index in [1.807, 2.05) is 6.07 Å². The van der Waals surface area contributed by atoms with Crippen LogP contribution in [0.15, 0.2) is 12.1 Å². The molecule has 5 nitrogen and oxygen atoms in total. The number of likely N-dealkylation sites (tertiary alicyclic amines) is 1. The molecule has 0 spiro atoms. The minimum Gasteiger partial charge on any atom is -0.395 e. The first-order valence-electron chi connectivity index (χ1n) is 6.69. The van der Waals surface area contributed by atoms with Crippen molar-refractivity contribution in [2.24, 2.45) is 5.84 Å². The number of aliphatic hydroxyl groups is 1. The fourth-order valence-electron chi connectivity index (χ4n) is 2.51. The molecule has 1 aromatic heterocycles. The van der Waals surface area contributed by atoms with Gasteiger partial charge in [0.1, 0.15) is 0 Å². The number of nitrogens with zero attached hydrogens (tertiary/aromatic N) is 1. The summed E-state index contributed by atoms with van der Waals surface area (Å²) in [6.45, 7) is 2.02. The second-order valence-corrected chi connectivity index (χ2v) is 6.06. The zero-order valence-corrected chi connectivity index (χ0v) is 11.8. The van der Waals surface area contributed by atoms with Gasteiger partial charge in [-0.2, -0.15) is 0 Å². The number of hydrazine groups is 1. The first-order chi connectivity index (χ1) is 9.24. The van der Waals surface area contributed by atoms with Crippen LogP contribution in [0, 0.1) is 0 Å². The van der Waals surface area contributed by atoms with Crippen molar-refractivity contribution in [2.45, 2.75) is 38.3 Å². The molecule has 1 aliphatic heterocycles. The highest BCUT2D eigenvalue weighted by atomic mass is 32.1. The maximum atomic E-state index is 11.4. The van der Waals surface area contributed by atoms with Crippen molar-refractivity contribution < 1.29 is 9.90 Å². The van der Waals surface area contributed by atoms with Gasteiger partial charge in [0.05, 0.1) is 11.5 Å². The number of aliphatic hydroxyl groups excluding tert-OH is 1. The van der Waals surface area contributed by atoms with Gasteiger partial charge in [0.2, 0.25) is 0 Å². The Labute approximate surface area is 117 Å². The van der Waals surface area contributed by atoms with E-state index in [-0.39, 0.29) is 18.6 Å². The Morgan fingerprint density at radius 1 is 1.47 bits per heavy atom. The number of carbonyl (C=O) groups is 1. The molecule has 1 aliphatic rings. The lowest BCUT2D eigenvalue weighted by molar-refractivity contribution is 0.0957. The number of carbonyl (C=O) groups excluding carboxylic acids is 1. The molecule has 1 atom stereocenters. The molecular formula is C13H21N3O2S. The topological polar surface area (TPSA) is 78.6 Å². The molecule has 6 heteroatoms. The highest BCUT2D eigenvalue weighted by molar-refractivity contribution is 7.14. The van der Waals surface area contributed by atoms with Gasteiger partial charge in [0, 0.05) is 17.5 Å². The molecule has 19 heavy (non-hydrogen) atoms. The fraction of sp³-hybridized carbons (Fsp3) is 0.615. The number of amides is 1. The van der Waals surface area contributed by atoms with Crippen LogP contribution in [0.1, 0.15) is 40.2 Å². The van der Waals surface area contributed by atoms with Crippen LogP contribution in [0.2, 0.25) is 0 Å². The quantitative estimate of drug-likeness (QED) is 0.439. The van der Waals surface area contributed by atoms with Gasteiger partial charge in [0.15, 0.2) is 0 Å². The van der Waals surface area contributed by atoms with E-state index in [9.17, 15) is 9.90 Å². The van der Waals surface area contributed by atoms with Crippen LogP contribution >= 0.6 is 11.3 Å². The van der Waals surface area contributed by atoms with Crippen LogP contribution in [0.5, 0.6) is 0 Å². The van der Waals surface area contributed by atoms with E-state index in [1.54, 1.807) is 6.07 Å². The smallest absolute Gasteiger partial charge is 0.275 e. The van der Waals surface area contributed by atoms with E-state index in [0.29, 0.717) is 4.88 Å². The van der Waals surface area contributed by atoms with Crippen molar-refractivity contribution in [1.82, 2.24) is 10.3 Å². The van der Waals surface area contributed by atoms with Crippen LogP contribution < -0.4 is 11.3 Å². The number of hydrogen-bond acceptors (Lipinski definition) is 5. The van der Waals surface area contributed by atoms with Gasteiger partial charge < -0.3 is 5.11 Å². The van der Waals surface area contributed by atoms with Crippen LogP contribution in [-0.4, -0.2) is 35.1 Å². The molecule has 1 unspecified atom stereocenters. The minimum atomic E-state index is -0.245. The van der Waals surface area contributed by atoms with Crippen LogP contribution in [-0.2, 0) is 6.54 Å². The van der Waals surface area contributed by atoms with Gasteiger partial charge in [-0.1, -0.05) is 12.8 Å². The summed E-state index contributed by atoms with van der Waals surface area (Å²) < 4.78 is 0. The molecule has 1 amide bonds. The van der Waals surface area contributed by atoms with Crippen molar-refractivity contribution in [3.63, 3.8) is 0 Å². The van der Waals surface area contributed by atoms with E-state index in [2.05, 4.69) is 10.3 Å². The summed E-state index contributed by atoms with van der Waals surface area (Å²) in [5.41, 5.74) is 2.15. The second kappa shape index (κ2) is 7.00. The first kappa shape index (κ1) is 14.5. The van der Waals surface area contributed by atoms with Gasteiger partial charge in [-0.3, -0.25) is 15.1 Å². The number of nitrogen functional groups attached to an aromatic ring is 1. The van der Waals surface area contributed by atoms with Crippen molar-refractivity contribution in [3.8, 4) is 0 Å². The third-order valence-corrected chi connectivity index (χ3v) is 4.65. The summed E-state index contributed by atoms with van der Waals surface area (Å²) >= 11 is 1.46. The molecule has 1 fully saturated rings. The largest absolute Gasteiger partial charge is 0.395 e. The Morgan fingerprint density at radius 3 is 3.05 bits per heavy atom. The highest BCUT2D eigenvalue weighted by Crippen LogP contribution is 2.23. The second-order valence-electron chi connectivity index (χ2n) is 4.90. The van der Waals surface area contributed by atoms with Crippen molar-refractivity contribution in [1.29, 1.82) is 0 Å². The molecule has 4 N–H and O–H groups in total. The van der Waals surface area contributed by atoms with Crippen LogP contribution in [0.3, 0.4) is 0 Å². The zero-order chi connectivity index (χ0) is 13.7. The molecule has 1 saturated heterocycles. The number of thiophene rings is 1. The van der Waals surface area contributed by atoms with E-state index < -0.39 is 0 Å². The zero-order valence-electron chi connectivity index (χ0n) is 11.0. The van der Waals surface area contributed by atoms with Crippen molar-refractivity contribution >= 4 is 17.2 Å². The van der Waals surface area contributed by atoms with Crippen molar-refractivity contribution in [2.75, 3.05) is 13.2 Å². The molecular weight excluding hydrogens is 262 g/mol. The Morgan fingerprint density at radius 2 is 2.32 bits per heavy atom. The van der Waals surface area contributed by atoms with Gasteiger partial charge in [-0.05, 0) is 31.5 Å². The lowest BCUT2D eigenvalue weighted by Gasteiger charge is -2.27. The molecule has 2 heterocycles. The van der Waals surface area contributed by atoms with Gasteiger partial charge in [-0.25, -0.2) is 5.84 Å². The van der Waals surface area contributed by atoms with E-state index in [4.69, 9.17) is 5.84 Å². The summed E-state index contributed by atoms with van der Waals surface area (Å²) in [4.78, 5) is 15.5. The molecule has 0 bridgehead atoms. The number of hydrogen-bond donors (Lipinski definition) is 3. The molecule has 1 aromatic rings. The molecule has 2 rings (SSSR count). The van der Waals surface area contributed by atoms with E-state index >= 15 is 0 Å². The van der Waals surface area contributed by atoms with Gasteiger partial charge in [-0.15, -0.1) is 11.3 Å². The maximum Gasteiger partial charge on any atom is 0.275 e. The molecule has 0 aliphatic carbocycles. The van der Waals surface area contributed by atoms with Crippen LogP contribution in [0.25, 0.3) is 0 Å². The van der Waals surface area contributed by atoms with E-state index in [1.165, 1.54) is 30.6 Å². The maximum absolute atomic E-state index is 11.4. The number of nitrogens with two attached hydrogens (primary N) is 1. The first-order valence-corrected chi connectivity index (χ1v) is 7.51. The average Bonchev–Trinajstić information content (AvgIpc) is 2.77. The lowest BCUT2D eigenvalue weighted by Crippen LogP contribution is -2.36. The summed E-state index contributed by atoms with van der Waals surface area (Å²) in [7, 11) is 0. The monoisotopic (exact) mass is 283 g/mol. The van der Waals surface area contributed by atoms with Crippen molar-refractivity contribution in [3.05, 3.63) is 21.9 Å². The molecule has 106 valence electrons. The number of rotatable bonds is 4. The molecule has 0 saturated carbocycles. The highest BCUT2D eigenvalue weighted by Gasteiger charge is 2.21. The summed E-state index contributed by atoms with van der Waals surface area (Å²) in [5.74, 6) is 4.88. The molecule has 0 aromatic carbocycles.